The lowest BCUT2D eigenvalue weighted by atomic mass is 9.99. The van der Waals surface area contributed by atoms with Crippen LogP contribution in [0.25, 0.3) is 6.08 Å². The fourth-order valence-electron chi connectivity index (χ4n) is 2.15. The van der Waals surface area contributed by atoms with E-state index in [0.717, 1.165) is 5.56 Å². The second-order valence-electron chi connectivity index (χ2n) is 4.97. The largest absolute Gasteiger partial charge is 0.462 e. The Morgan fingerprint density at radius 2 is 1.68 bits per heavy atom. The molecule has 7 heteroatoms. The van der Waals surface area contributed by atoms with Gasteiger partial charge in [-0.1, -0.05) is 24.3 Å². The summed E-state index contributed by atoms with van der Waals surface area (Å²) < 4.78 is 10.7. The minimum absolute atomic E-state index is 0.0525. The van der Waals surface area contributed by atoms with Crippen LogP contribution in [-0.4, -0.2) is 69.5 Å². The summed E-state index contributed by atoms with van der Waals surface area (Å²) in [6, 6.07) is 6.76. The number of hydrogen-bond donors (Lipinski definition) is 5. The van der Waals surface area contributed by atoms with E-state index in [9.17, 15) is 15.3 Å². The molecule has 1 aromatic rings. The molecule has 0 saturated carbocycles. The van der Waals surface area contributed by atoms with Crippen molar-refractivity contribution in [2.45, 2.75) is 30.7 Å². The molecule has 1 aromatic carbocycles. The average molecular weight is 312 g/mol. The molecule has 122 valence electrons. The van der Waals surface area contributed by atoms with Crippen molar-refractivity contribution in [2.75, 3.05) is 13.2 Å². The number of rotatable bonds is 5. The van der Waals surface area contributed by atoms with Gasteiger partial charge in [0.25, 0.3) is 0 Å². The van der Waals surface area contributed by atoms with E-state index in [0.29, 0.717) is 5.75 Å². The standard InChI is InChI=1S/C15H20O7/c16-7-1-2-9-3-5-10(6-4-9)21-15-14(20)13(19)12(18)11(8-17)22-15/h1-6,11-20H,7-8H2/b2-1+/t11-,12+,13+,14-,15-/m1/s1. The van der Waals surface area contributed by atoms with Gasteiger partial charge in [0.05, 0.1) is 13.2 Å². The molecule has 5 atom stereocenters. The van der Waals surface area contributed by atoms with E-state index in [1.54, 1.807) is 36.4 Å². The van der Waals surface area contributed by atoms with Gasteiger partial charge in [-0.2, -0.15) is 0 Å². The minimum Gasteiger partial charge on any atom is -0.462 e. The van der Waals surface area contributed by atoms with Crippen LogP contribution < -0.4 is 4.74 Å². The molecular weight excluding hydrogens is 292 g/mol. The van der Waals surface area contributed by atoms with E-state index in [2.05, 4.69) is 0 Å². The van der Waals surface area contributed by atoms with Crippen LogP contribution in [0.2, 0.25) is 0 Å². The molecule has 22 heavy (non-hydrogen) atoms. The Balaban J connectivity index is 2.04. The molecule has 1 saturated heterocycles. The number of benzene rings is 1. The first-order chi connectivity index (χ1) is 10.6. The summed E-state index contributed by atoms with van der Waals surface area (Å²) in [6.07, 6.45) is -3.20. The Hall–Kier alpha value is -1.48. The number of hydrogen-bond acceptors (Lipinski definition) is 7. The second-order valence-corrected chi connectivity index (χ2v) is 4.97. The zero-order chi connectivity index (χ0) is 16.1. The SMILES string of the molecule is OC/C=C/c1ccc(O[C@@H]2O[C@H](CO)[C@H](O)[C@H](O)[C@H]2O)cc1. The van der Waals surface area contributed by atoms with Gasteiger partial charge in [0.1, 0.15) is 30.2 Å². The lowest BCUT2D eigenvalue weighted by Crippen LogP contribution is -2.60. The highest BCUT2D eigenvalue weighted by atomic mass is 16.7. The van der Waals surface area contributed by atoms with Gasteiger partial charge in [-0.15, -0.1) is 0 Å². The maximum absolute atomic E-state index is 9.87. The van der Waals surface area contributed by atoms with Crippen molar-refractivity contribution in [3.63, 3.8) is 0 Å². The normalized spacial score (nSPS) is 32.3. The summed E-state index contributed by atoms with van der Waals surface area (Å²) in [5, 5.41) is 47.0. The van der Waals surface area contributed by atoms with Gasteiger partial charge in [-0.25, -0.2) is 0 Å². The van der Waals surface area contributed by atoms with E-state index in [4.69, 9.17) is 19.7 Å². The van der Waals surface area contributed by atoms with Crippen molar-refractivity contribution in [1.29, 1.82) is 0 Å². The summed E-state index contributed by atoms with van der Waals surface area (Å²) in [5.41, 5.74) is 0.857. The van der Waals surface area contributed by atoms with Crippen LogP contribution >= 0.6 is 0 Å². The highest BCUT2D eigenvalue weighted by molar-refractivity contribution is 5.50. The third-order valence-electron chi connectivity index (χ3n) is 3.40. The van der Waals surface area contributed by atoms with E-state index in [1.807, 2.05) is 0 Å². The average Bonchev–Trinajstić information content (AvgIpc) is 2.54. The molecule has 0 aromatic heterocycles. The van der Waals surface area contributed by atoms with Gasteiger partial charge in [-0.05, 0) is 17.7 Å². The molecule has 0 aliphatic carbocycles. The van der Waals surface area contributed by atoms with Crippen LogP contribution in [0, 0.1) is 0 Å². The highest BCUT2D eigenvalue weighted by Gasteiger charge is 2.44. The van der Waals surface area contributed by atoms with Gasteiger partial charge in [0.15, 0.2) is 0 Å². The van der Waals surface area contributed by atoms with Crippen molar-refractivity contribution in [3.05, 3.63) is 35.9 Å². The first kappa shape index (κ1) is 16.9. The topological polar surface area (TPSA) is 120 Å². The lowest BCUT2D eigenvalue weighted by Gasteiger charge is -2.39. The molecule has 1 aliphatic heterocycles. The Bertz CT molecular complexity index is 485. The molecule has 1 heterocycles. The number of aliphatic hydroxyl groups is 5. The first-order valence-corrected chi connectivity index (χ1v) is 6.91. The molecule has 2 rings (SSSR count). The summed E-state index contributed by atoms with van der Waals surface area (Å²) in [6.45, 7) is -0.557. The zero-order valence-corrected chi connectivity index (χ0v) is 11.8. The van der Waals surface area contributed by atoms with Crippen molar-refractivity contribution in [1.82, 2.24) is 0 Å². The first-order valence-electron chi connectivity index (χ1n) is 6.91. The zero-order valence-electron chi connectivity index (χ0n) is 11.8. The molecule has 5 N–H and O–H groups in total. The highest BCUT2D eigenvalue weighted by Crippen LogP contribution is 2.24. The molecule has 1 fully saturated rings. The fourth-order valence-corrected chi connectivity index (χ4v) is 2.15. The van der Waals surface area contributed by atoms with E-state index < -0.39 is 37.3 Å². The lowest BCUT2D eigenvalue weighted by molar-refractivity contribution is -0.277. The van der Waals surface area contributed by atoms with Crippen molar-refractivity contribution < 1.29 is 35.0 Å². The van der Waals surface area contributed by atoms with Crippen LogP contribution in [0.1, 0.15) is 5.56 Å². The predicted molar refractivity (Wildman–Crippen MR) is 77.0 cm³/mol. The maximum atomic E-state index is 9.87. The van der Waals surface area contributed by atoms with Crippen LogP contribution in [0.4, 0.5) is 0 Å². The molecule has 1 aliphatic rings. The van der Waals surface area contributed by atoms with Crippen LogP contribution in [0.15, 0.2) is 30.3 Å². The van der Waals surface area contributed by atoms with Crippen molar-refractivity contribution in [2.24, 2.45) is 0 Å². The van der Waals surface area contributed by atoms with E-state index in [1.165, 1.54) is 0 Å². The second kappa shape index (κ2) is 7.68. The minimum atomic E-state index is -1.47. The Morgan fingerprint density at radius 3 is 2.27 bits per heavy atom. The maximum Gasteiger partial charge on any atom is 0.229 e. The van der Waals surface area contributed by atoms with Gasteiger partial charge < -0.3 is 35.0 Å². The predicted octanol–water partition coefficient (Wildman–Crippen LogP) is -1.13. The smallest absolute Gasteiger partial charge is 0.229 e. The Morgan fingerprint density at radius 1 is 1.00 bits per heavy atom. The summed E-state index contributed by atoms with van der Waals surface area (Å²) in [7, 11) is 0. The van der Waals surface area contributed by atoms with E-state index in [-0.39, 0.29) is 6.61 Å². The Kier molecular flexibility index (Phi) is 5.90. The molecule has 0 radical (unpaired) electrons. The molecule has 0 spiro atoms. The van der Waals surface area contributed by atoms with Gasteiger partial charge in [0.2, 0.25) is 6.29 Å². The molecule has 0 unspecified atom stereocenters. The third kappa shape index (κ3) is 3.83. The van der Waals surface area contributed by atoms with Gasteiger partial charge in [0, 0.05) is 0 Å². The van der Waals surface area contributed by atoms with E-state index >= 15 is 0 Å². The Labute approximate surface area is 127 Å². The van der Waals surface area contributed by atoms with Crippen LogP contribution in [0.5, 0.6) is 5.75 Å². The monoisotopic (exact) mass is 312 g/mol. The van der Waals surface area contributed by atoms with Gasteiger partial charge >= 0.3 is 0 Å². The summed E-state index contributed by atoms with van der Waals surface area (Å²) in [5.74, 6) is 0.394. The molecular formula is C15H20O7. The van der Waals surface area contributed by atoms with Crippen LogP contribution in [-0.2, 0) is 4.74 Å². The molecule has 0 amide bonds. The van der Waals surface area contributed by atoms with Crippen molar-refractivity contribution in [3.8, 4) is 5.75 Å². The van der Waals surface area contributed by atoms with Gasteiger partial charge in [-0.3, -0.25) is 0 Å². The quantitative estimate of drug-likeness (QED) is 0.467. The molecule has 0 bridgehead atoms. The fraction of sp³-hybridized carbons (Fsp3) is 0.467. The van der Waals surface area contributed by atoms with Crippen LogP contribution in [0.3, 0.4) is 0 Å². The van der Waals surface area contributed by atoms with Crippen molar-refractivity contribution >= 4 is 6.08 Å². The summed E-state index contributed by atoms with van der Waals surface area (Å²) in [4.78, 5) is 0. The summed E-state index contributed by atoms with van der Waals surface area (Å²) >= 11 is 0. The number of aliphatic hydroxyl groups excluding tert-OH is 5. The third-order valence-corrected chi connectivity index (χ3v) is 3.40. The molecule has 7 nitrogen and oxygen atoms in total. The number of ether oxygens (including phenoxy) is 2.